The minimum atomic E-state index is -0.940. The molecule has 0 unspecified atom stereocenters. The number of hydrogen-bond acceptors (Lipinski definition) is 2. The fourth-order valence-corrected chi connectivity index (χ4v) is 2.56. The number of thioether (sulfide) groups is 1. The molecule has 1 N–H and O–H groups in total. The first-order chi connectivity index (χ1) is 10.6. The van der Waals surface area contributed by atoms with E-state index in [0.29, 0.717) is 23.4 Å². The van der Waals surface area contributed by atoms with Crippen LogP contribution in [0.4, 0.5) is 13.2 Å². The number of rotatable bonds is 6. The lowest BCUT2D eigenvalue weighted by molar-refractivity contribution is -0.118. The second kappa shape index (κ2) is 7.89. The average molecular weight is 325 g/mol. The highest BCUT2D eigenvalue weighted by molar-refractivity contribution is 8.00. The van der Waals surface area contributed by atoms with Crippen LogP contribution in [0.2, 0.25) is 0 Å². The SMILES string of the molecule is O=C(CSc1ccc(F)c(F)c1)NCCc1ccccc1F. The van der Waals surface area contributed by atoms with Gasteiger partial charge in [-0.15, -0.1) is 11.8 Å². The Hall–Kier alpha value is -1.95. The molecule has 0 saturated heterocycles. The molecule has 0 aliphatic heterocycles. The summed E-state index contributed by atoms with van der Waals surface area (Å²) in [6, 6.07) is 9.86. The van der Waals surface area contributed by atoms with Crippen molar-refractivity contribution in [2.24, 2.45) is 0 Å². The van der Waals surface area contributed by atoms with E-state index in [2.05, 4.69) is 5.32 Å². The van der Waals surface area contributed by atoms with Gasteiger partial charge in [0.05, 0.1) is 5.75 Å². The zero-order valence-electron chi connectivity index (χ0n) is 11.6. The van der Waals surface area contributed by atoms with E-state index >= 15 is 0 Å². The first kappa shape index (κ1) is 16.4. The van der Waals surface area contributed by atoms with Gasteiger partial charge >= 0.3 is 0 Å². The molecule has 0 fully saturated rings. The number of carbonyl (C=O) groups is 1. The summed E-state index contributed by atoms with van der Waals surface area (Å²) in [5.74, 6) is -2.31. The topological polar surface area (TPSA) is 29.1 Å². The predicted octanol–water partition coefficient (Wildman–Crippen LogP) is 3.55. The number of amides is 1. The van der Waals surface area contributed by atoms with Gasteiger partial charge in [-0.2, -0.15) is 0 Å². The molecule has 2 nitrogen and oxygen atoms in total. The van der Waals surface area contributed by atoms with E-state index in [4.69, 9.17) is 0 Å². The third-order valence-electron chi connectivity index (χ3n) is 2.94. The monoisotopic (exact) mass is 325 g/mol. The molecule has 0 aliphatic rings. The lowest BCUT2D eigenvalue weighted by Crippen LogP contribution is -2.27. The summed E-state index contributed by atoms with van der Waals surface area (Å²) >= 11 is 1.11. The number of hydrogen-bond donors (Lipinski definition) is 1. The predicted molar refractivity (Wildman–Crippen MR) is 80.2 cm³/mol. The Kier molecular flexibility index (Phi) is 5.89. The second-order valence-electron chi connectivity index (χ2n) is 4.56. The Morgan fingerprint density at radius 2 is 1.77 bits per heavy atom. The first-order valence-corrected chi connectivity index (χ1v) is 7.63. The van der Waals surface area contributed by atoms with Gasteiger partial charge in [-0.3, -0.25) is 4.79 Å². The van der Waals surface area contributed by atoms with Gasteiger partial charge in [-0.05, 0) is 36.2 Å². The van der Waals surface area contributed by atoms with Crippen molar-refractivity contribution < 1.29 is 18.0 Å². The molecule has 2 aromatic rings. The molecular weight excluding hydrogens is 311 g/mol. The molecule has 0 spiro atoms. The van der Waals surface area contributed by atoms with Gasteiger partial charge in [0.25, 0.3) is 0 Å². The maximum absolute atomic E-state index is 13.4. The van der Waals surface area contributed by atoms with Crippen molar-refractivity contribution in [1.29, 1.82) is 0 Å². The fraction of sp³-hybridized carbons (Fsp3) is 0.188. The Labute approximate surface area is 130 Å². The van der Waals surface area contributed by atoms with Gasteiger partial charge in [0.2, 0.25) is 5.91 Å². The van der Waals surface area contributed by atoms with Gasteiger partial charge in [0.15, 0.2) is 11.6 Å². The molecule has 0 saturated carbocycles. The maximum atomic E-state index is 13.4. The third kappa shape index (κ3) is 4.80. The summed E-state index contributed by atoms with van der Waals surface area (Å²) < 4.78 is 39.1. The summed E-state index contributed by atoms with van der Waals surface area (Å²) in [6.07, 6.45) is 0.397. The largest absolute Gasteiger partial charge is 0.355 e. The van der Waals surface area contributed by atoms with Crippen molar-refractivity contribution in [1.82, 2.24) is 5.32 Å². The van der Waals surface area contributed by atoms with E-state index in [9.17, 15) is 18.0 Å². The zero-order chi connectivity index (χ0) is 15.9. The number of nitrogens with one attached hydrogen (secondary N) is 1. The normalized spacial score (nSPS) is 10.5. The molecule has 0 bridgehead atoms. The van der Waals surface area contributed by atoms with Crippen LogP contribution in [0.5, 0.6) is 0 Å². The summed E-state index contributed by atoms with van der Waals surface area (Å²) in [5, 5.41) is 2.66. The summed E-state index contributed by atoms with van der Waals surface area (Å²) in [7, 11) is 0. The van der Waals surface area contributed by atoms with E-state index in [1.807, 2.05) is 0 Å². The van der Waals surface area contributed by atoms with E-state index in [-0.39, 0.29) is 17.5 Å². The van der Waals surface area contributed by atoms with Crippen LogP contribution in [0.3, 0.4) is 0 Å². The molecule has 1 amide bonds. The van der Waals surface area contributed by atoms with E-state index in [1.165, 1.54) is 12.1 Å². The Bertz CT molecular complexity index is 664. The van der Waals surface area contributed by atoms with Gasteiger partial charge < -0.3 is 5.32 Å². The van der Waals surface area contributed by atoms with E-state index < -0.39 is 11.6 Å². The van der Waals surface area contributed by atoms with Gasteiger partial charge in [0.1, 0.15) is 5.82 Å². The molecule has 0 radical (unpaired) electrons. The molecule has 116 valence electrons. The molecule has 2 aromatic carbocycles. The van der Waals surface area contributed by atoms with Crippen LogP contribution in [0.15, 0.2) is 47.4 Å². The molecule has 2 rings (SSSR count). The lowest BCUT2D eigenvalue weighted by Gasteiger charge is -2.06. The molecule has 0 heterocycles. The smallest absolute Gasteiger partial charge is 0.230 e. The van der Waals surface area contributed by atoms with Crippen molar-refractivity contribution in [3.63, 3.8) is 0 Å². The van der Waals surface area contributed by atoms with Crippen LogP contribution in [-0.2, 0) is 11.2 Å². The summed E-state index contributed by atoms with van der Waals surface area (Å²) in [6.45, 7) is 0.318. The Morgan fingerprint density at radius 1 is 1.00 bits per heavy atom. The summed E-state index contributed by atoms with van der Waals surface area (Å²) in [5.41, 5.74) is 0.538. The number of halogens is 3. The van der Waals surface area contributed by atoms with Crippen molar-refractivity contribution >= 4 is 17.7 Å². The summed E-state index contributed by atoms with van der Waals surface area (Å²) in [4.78, 5) is 12.1. The molecule has 6 heteroatoms. The lowest BCUT2D eigenvalue weighted by atomic mass is 10.1. The van der Waals surface area contributed by atoms with Crippen LogP contribution < -0.4 is 5.32 Å². The van der Waals surface area contributed by atoms with Crippen LogP contribution in [-0.4, -0.2) is 18.2 Å². The van der Waals surface area contributed by atoms with E-state index in [1.54, 1.807) is 18.2 Å². The minimum Gasteiger partial charge on any atom is -0.355 e. The van der Waals surface area contributed by atoms with Crippen LogP contribution in [0.1, 0.15) is 5.56 Å². The number of carbonyl (C=O) groups excluding carboxylic acids is 1. The van der Waals surface area contributed by atoms with Crippen LogP contribution in [0.25, 0.3) is 0 Å². The van der Waals surface area contributed by atoms with Crippen LogP contribution in [0, 0.1) is 17.5 Å². The standard InChI is InChI=1S/C16H14F3NOS/c17-13-4-2-1-3-11(13)7-8-20-16(21)10-22-12-5-6-14(18)15(19)9-12/h1-6,9H,7-8,10H2,(H,20,21). The van der Waals surface area contributed by atoms with Gasteiger partial charge in [0, 0.05) is 11.4 Å². The van der Waals surface area contributed by atoms with Crippen LogP contribution >= 0.6 is 11.8 Å². The maximum Gasteiger partial charge on any atom is 0.230 e. The Morgan fingerprint density at radius 3 is 2.50 bits per heavy atom. The molecule has 0 atom stereocenters. The zero-order valence-corrected chi connectivity index (χ0v) is 12.4. The molecular formula is C16H14F3NOS. The van der Waals surface area contributed by atoms with Crippen molar-refractivity contribution in [2.45, 2.75) is 11.3 Å². The minimum absolute atomic E-state index is 0.0857. The Balaban J connectivity index is 1.74. The first-order valence-electron chi connectivity index (χ1n) is 6.64. The van der Waals surface area contributed by atoms with Crippen molar-refractivity contribution in [3.05, 3.63) is 65.5 Å². The van der Waals surface area contributed by atoms with E-state index in [0.717, 1.165) is 23.9 Å². The van der Waals surface area contributed by atoms with Crippen molar-refractivity contribution in [3.8, 4) is 0 Å². The second-order valence-corrected chi connectivity index (χ2v) is 5.60. The highest BCUT2D eigenvalue weighted by Gasteiger charge is 2.07. The number of benzene rings is 2. The quantitative estimate of drug-likeness (QED) is 0.823. The average Bonchev–Trinajstić information content (AvgIpc) is 2.50. The third-order valence-corrected chi connectivity index (χ3v) is 3.93. The molecule has 22 heavy (non-hydrogen) atoms. The van der Waals surface area contributed by atoms with Gasteiger partial charge in [-0.1, -0.05) is 18.2 Å². The highest BCUT2D eigenvalue weighted by atomic mass is 32.2. The fourth-order valence-electron chi connectivity index (χ4n) is 1.80. The van der Waals surface area contributed by atoms with Crippen molar-refractivity contribution in [2.75, 3.05) is 12.3 Å². The highest BCUT2D eigenvalue weighted by Crippen LogP contribution is 2.20. The molecule has 0 aromatic heterocycles. The van der Waals surface area contributed by atoms with Gasteiger partial charge in [-0.25, -0.2) is 13.2 Å². The molecule has 0 aliphatic carbocycles.